The Morgan fingerprint density at radius 1 is 0.884 bits per heavy atom. The van der Waals surface area contributed by atoms with E-state index in [0.717, 1.165) is 50.9 Å². The quantitative estimate of drug-likeness (QED) is 0.142. The third-order valence-electron chi connectivity index (χ3n) is 7.42. The van der Waals surface area contributed by atoms with Crippen LogP contribution in [-0.2, 0) is 16.6 Å². The van der Waals surface area contributed by atoms with Gasteiger partial charge in [0.05, 0.1) is 11.5 Å². The fourth-order valence-corrected chi connectivity index (χ4v) is 5.66. The fraction of sp³-hybridized carbons (Fsp3) is 0.361. The van der Waals surface area contributed by atoms with Gasteiger partial charge in [-0.15, -0.1) is 11.3 Å². The molecule has 1 aromatic heterocycles. The Morgan fingerprint density at radius 2 is 1.53 bits per heavy atom. The van der Waals surface area contributed by atoms with Crippen LogP contribution in [0.25, 0.3) is 21.0 Å². The molecule has 0 spiro atoms. The summed E-state index contributed by atoms with van der Waals surface area (Å²) in [5.41, 5.74) is 4.39. The monoisotopic (exact) mass is 598 g/mol. The molecule has 0 saturated heterocycles. The molecule has 226 valence electrons. The first kappa shape index (κ1) is 32.0. The van der Waals surface area contributed by atoms with Crippen molar-refractivity contribution in [3.63, 3.8) is 0 Å². The van der Waals surface area contributed by atoms with Gasteiger partial charge in [-0.05, 0) is 64.9 Å². The maximum Gasteiger partial charge on any atom is 0.326 e. The fourth-order valence-electron chi connectivity index (χ4n) is 4.73. The van der Waals surface area contributed by atoms with Crippen molar-refractivity contribution >= 4 is 23.2 Å². The normalized spacial score (nSPS) is 12.1. The van der Waals surface area contributed by atoms with E-state index >= 15 is 0 Å². The lowest BCUT2D eigenvalue weighted by Crippen LogP contribution is -2.42. The zero-order valence-corrected chi connectivity index (χ0v) is 26.4. The third-order valence-corrected chi connectivity index (χ3v) is 8.51. The molecule has 2 N–H and O–H groups in total. The summed E-state index contributed by atoms with van der Waals surface area (Å²) < 4.78 is 5.89. The van der Waals surface area contributed by atoms with Crippen molar-refractivity contribution in [3.05, 3.63) is 95.7 Å². The van der Waals surface area contributed by atoms with Crippen LogP contribution in [0, 0.1) is 0 Å². The molecular weight excluding hydrogens is 556 g/mol. The van der Waals surface area contributed by atoms with Gasteiger partial charge in [0.1, 0.15) is 16.8 Å². The van der Waals surface area contributed by atoms with Crippen molar-refractivity contribution in [2.45, 2.75) is 77.7 Å². The van der Waals surface area contributed by atoms with Gasteiger partial charge in [-0.1, -0.05) is 89.8 Å². The number of thiazole rings is 1. The lowest BCUT2D eigenvalue weighted by Gasteiger charge is -2.19. The number of rotatable bonds is 14. The highest BCUT2D eigenvalue weighted by atomic mass is 32.1. The summed E-state index contributed by atoms with van der Waals surface area (Å²) in [6, 6.07) is 22.1. The van der Waals surface area contributed by atoms with Crippen LogP contribution >= 0.6 is 11.3 Å². The molecule has 0 aliphatic heterocycles. The maximum absolute atomic E-state index is 12.8. The lowest BCUT2D eigenvalue weighted by molar-refractivity contribution is -0.139. The van der Waals surface area contributed by atoms with Crippen molar-refractivity contribution in [2.24, 2.45) is 0 Å². The number of carbonyl (C=O) groups excluding carboxylic acids is 1. The number of benzene rings is 3. The molecule has 3 aromatic carbocycles. The summed E-state index contributed by atoms with van der Waals surface area (Å²) in [5.74, 6) is -0.594. The number of hydrogen-bond donors (Lipinski definition) is 2. The zero-order chi connectivity index (χ0) is 30.8. The van der Waals surface area contributed by atoms with E-state index in [0.29, 0.717) is 5.56 Å². The van der Waals surface area contributed by atoms with E-state index in [2.05, 4.69) is 38.0 Å². The zero-order valence-electron chi connectivity index (χ0n) is 25.6. The van der Waals surface area contributed by atoms with Gasteiger partial charge in [-0.2, -0.15) is 0 Å². The van der Waals surface area contributed by atoms with E-state index in [-0.39, 0.29) is 11.8 Å². The predicted molar refractivity (Wildman–Crippen MR) is 175 cm³/mol. The van der Waals surface area contributed by atoms with Gasteiger partial charge in [-0.25, -0.2) is 9.78 Å². The topological polar surface area (TPSA) is 88.5 Å². The van der Waals surface area contributed by atoms with Crippen molar-refractivity contribution in [3.8, 4) is 26.8 Å². The van der Waals surface area contributed by atoms with Crippen molar-refractivity contribution < 1.29 is 19.4 Å². The second-order valence-corrected chi connectivity index (χ2v) is 12.9. The Morgan fingerprint density at radius 3 is 2.16 bits per heavy atom. The van der Waals surface area contributed by atoms with Gasteiger partial charge in [0.2, 0.25) is 0 Å². The second kappa shape index (κ2) is 15.0. The lowest BCUT2D eigenvalue weighted by atomic mass is 9.86. The van der Waals surface area contributed by atoms with Crippen molar-refractivity contribution in [1.29, 1.82) is 0 Å². The van der Waals surface area contributed by atoms with Gasteiger partial charge < -0.3 is 15.2 Å². The van der Waals surface area contributed by atoms with E-state index in [1.54, 1.807) is 23.5 Å². The standard InChI is InChI=1S/C36H42N2O4S/c1-5-6-7-8-9-22-42-30-20-16-28(17-21-30)34-37-24-32(43-34)26-12-10-25(11-13-26)23-31(35(40)41)38-33(39)27-14-18-29(19-15-27)36(2,3)4/h10-21,24,31H,5-9,22-23H2,1-4H3,(H,38,39)(H,40,41). The van der Waals surface area contributed by atoms with Crippen LogP contribution in [-0.4, -0.2) is 34.6 Å². The molecule has 0 aliphatic carbocycles. The molecule has 0 bridgehead atoms. The summed E-state index contributed by atoms with van der Waals surface area (Å²) >= 11 is 1.60. The molecule has 1 atom stereocenters. The van der Waals surface area contributed by atoms with Gasteiger partial charge in [-0.3, -0.25) is 4.79 Å². The number of unbranched alkanes of at least 4 members (excludes halogenated alkanes) is 4. The summed E-state index contributed by atoms with van der Waals surface area (Å²) in [6.45, 7) is 9.27. The Labute approximate surface area is 259 Å². The number of amides is 1. The number of carboxylic acids is 1. The van der Waals surface area contributed by atoms with Gasteiger partial charge in [0.15, 0.2) is 0 Å². The van der Waals surface area contributed by atoms with Crippen LogP contribution in [0.5, 0.6) is 5.75 Å². The molecule has 43 heavy (non-hydrogen) atoms. The van der Waals surface area contributed by atoms with Crippen molar-refractivity contribution in [2.75, 3.05) is 6.61 Å². The minimum absolute atomic E-state index is 0.0285. The molecule has 6 nitrogen and oxygen atoms in total. The summed E-state index contributed by atoms with van der Waals surface area (Å²) in [6.07, 6.45) is 8.13. The Hall–Kier alpha value is -3.97. The molecule has 1 unspecified atom stereocenters. The number of hydrogen-bond acceptors (Lipinski definition) is 5. The summed E-state index contributed by atoms with van der Waals surface area (Å²) in [4.78, 5) is 30.4. The highest BCUT2D eigenvalue weighted by molar-refractivity contribution is 7.18. The molecule has 0 aliphatic rings. The molecular formula is C36H42N2O4S. The Bertz CT molecular complexity index is 1470. The van der Waals surface area contributed by atoms with E-state index in [1.807, 2.05) is 66.9 Å². The minimum Gasteiger partial charge on any atom is -0.494 e. The van der Waals surface area contributed by atoms with Crippen LogP contribution in [0.2, 0.25) is 0 Å². The average Bonchev–Trinajstić information content (AvgIpc) is 3.49. The highest BCUT2D eigenvalue weighted by Gasteiger charge is 2.22. The first-order valence-corrected chi connectivity index (χ1v) is 15.9. The third kappa shape index (κ3) is 9.26. The summed E-state index contributed by atoms with van der Waals surface area (Å²) in [5, 5.41) is 13.4. The number of ether oxygens (including phenoxy) is 1. The Balaban J connectivity index is 1.33. The number of carboxylic acid groups (broad SMARTS) is 1. The first-order valence-electron chi connectivity index (χ1n) is 15.1. The van der Waals surface area contributed by atoms with Crippen LogP contribution < -0.4 is 10.1 Å². The molecule has 1 heterocycles. The predicted octanol–water partition coefficient (Wildman–Crippen LogP) is 8.55. The highest BCUT2D eigenvalue weighted by Crippen LogP contribution is 2.33. The average molecular weight is 599 g/mol. The molecule has 4 aromatic rings. The number of nitrogens with one attached hydrogen (secondary N) is 1. The Kier molecular flexibility index (Phi) is 11.1. The van der Waals surface area contributed by atoms with Crippen LogP contribution in [0.4, 0.5) is 0 Å². The molecule has 1 amide bonds. The number of carbonyl (C=O) groups is 2. The molecule has 4 rings (SSSR count). The SMILES string of the molecule is CCCCCCCOc1ccc(-c2ncc(-c3ccc(CC(NC(=O)c4ccc(C(C)(C)C)cc4)C(=O)O)cc3)s2)cc1. The minimum atomic E-state index is -1.07. The van der Waals surface area contributed by atoms with Gasteiger partial charge in [0, 0.05) is 23.7 Å². The molecule has 7 heteroatoms. The van der Waals surface area contributed by atoms with Crippen LogP contribution in [0.1, 0.15) is 81.3 Å². The van der Waals surface area contributed by atoms with Crippen LogP contribution in [0.3, 0.4) is 0 Å². The maximum atomic E-state index is 12.8. The molecule has 0 saturated carbocycles. The van der Waals surface area contributed by atoms with E-state index in [4.69, 9.17) is 4.74 Å². The van der Waals surface area contributed by atoms with Gasteiger partial charge in [0.25, 0.3) is 5.91 Å². The number of nitrogens with zero attached hydrogens (tertiary/aromatic N) is 1. The largest absolute Gasteiger partial charge is 0.494 e. The van der Waals surface area contributed by atoms with E-state index in [9.17, 15) is 14.7 Å². The number of aliphatic carboxylic acids is 1. The smallest absolute Gasteiger partial charge is 0.326 e. The number of aromatic nitrogens is 1. The van der Waals surface area contributed by atoms with Crippen molar-refractivity contribution in [1.82, 2.24) is 10.3 Å². The molecule has 0 radical (unpaired) electrons. The first-order chi connectivity index (χ1) is 20.6. The van der Waals surface area contributed by atoms with E-state index in [1.165, 1.54) is 25.7 Å². The van der Waals surface area contributed by atoms with Crippen LogP contribution in [0.15, 0.2) is 79.0 Å². The van der Waals surface area contributed by atoms with Gasteiger partial charge >= 0.3 is 5.97 Å². The van der Waals surface area contributed by atoms with E-state index < -0.39 is 17.9 Å². The summed E-state index contributed by atoms with van der Waals surface area (Å²) in [7, 11) is 0. The second-order valence-electron chi connectivity index (χ2n) is 11.9. The molecule has 0 fully saturated rings.